The van der Waals surface area contributed by atoms with Gasteiger partial charge in [-0.15, -0.1) is 0 Å². The SMILES string of the molecule is C1=CCCC(N(c2ccc(N3C4=C(CCC(c5ccc6c(c5)c5c(n6-c6cc(-c7ccccc7)c7ccccc7c6)C=CCC5)=C4)C4=CC3CCCC4)cc2)C2CC=CCC2)=C1. The highest BCUT2D eigenvalue weighted by Gasteiger charge is 2.33. The number of nitrogens with zero attached hydrogens (tertiary/aromatic N) is 3. The molecule has 0 amide bonds. The third-order valence-corrected chi connectivity index (χ3v) is 14.7. The smallest absolute Gasteiger partial charge is 0.0538 e. The van der Waals surface area contributed by atoms with Gasteiger partial charge in [-0.3, -0.25) is 0 Å². The quantitative estimate of drug-likeness (QED) is 0.149. The molecule has 0 saturated heterocycles. The number of hydrogen-bond acceptors (Lipinski definition) is 2. The van der Waals surface area contributed by atoms with Gasteiger partial charge in [-0.1, -0.05) is 104 Å². The van der Waals surface area contributed by atoms with E-state index in [9.17, 15) is 0 Å². The zero-order valence-corrected chi connectivity index (χ0v) is 35.8. The fourth-order valence-electron chi connectivity index (χ4n) is 11.7. The minimum Gasteiger partial charge on any atom is -0.342 e. The van der Waals surface area contributed by atoms with Crippen LogP contribution in [-0.2, 0) is 6.42 Å². The highest BCUT2D eigenvalue weighted by Crippen LogP contribution is 2.46. The van der Waals surface area contributed by atoms with E-state index in [2.05, 4.69) is 178 Å². The maximum atomic E-state index is 2.72. The van der Waals surface area contributed by atoms with E-state index in [1.165, 1.54) is 116 Å². The summed E-state index contributed by atoms with van der Waals surface area (Å²) in [6, 6.07) is 42.6. The van der Waals surface area contributed by atoms with Crippen LogP contribution in [0, 0.1) is 0 Å². The summed E-state index contributed by atoms with van der Waals surface area (Å²) in [4.78, 5) is 5.38. The molecule has 62 heavy (non-hydrogen) atoms. The molecule has 1 aliphatic heterocycles. The van der Waals surface area contributed by atoms with Gasteiger partial charge in [0, 0.05) is 45.6 Å². The molecule has 5 aliphatic carbocycles. The Morgan fingerprint density at radius 2 is 1.50 bits per heavy atom. The van der Waals surface area contributed by atoms with Gasteiger partial charge in [0.15, 0.2) is 0 Å². The summed E-state index contributed by atoms with van der Waals surface area (Å²) < 4.78 is 2.54. The fraction of sp³-hybridized carbons (Fsp3) is 0.254. The third kappa shape index (κ3) is 6.56. The van der Waals surface area contributed by atoms with Crippen LogP contribution in [0.15, 0.2) is 180 Å². The lowest BCUT2D eigenvalue weighted by Crippen LogP contribution is -2.37. The van der Waals surface area contributed by atoms with Gasteiger partial charge < -0.3 is 14.4 Å². The van der Waals surface area contributed by atoms with Crippen molar-refractivity contribution in [3.8, 4) is 16.8 Å². The Kier molecular flexibility index (Phi) is 9.58. The summed E-state index contributed by atoms with van der Waals surface area (Å²) in [7, 11) is 0. The second-order valence-corrected chi connectivity index (χ2v) is 18.3. The predicted octanol–water partition coefficient (Wildman–Crippen LogP) is 15.4. The van der Waals surface area contributed by atoms with Crippen molar-refractivity contribution in [3.05, 3.63) is 197 Å². The molecule has 0 saturated carbocycles. The van der Waals surface area contributed by atoms with Crippen molar-refractivity contribution >= 4 is 44.7 Å². The Morgan fingerprint density at radius 3 is 2.37 bits per heavy atom. The second kappa shape index (κ2) is 15.9. The van der Waals surface area contributed by atoms with Crippen LogP contribution in [0.5, 0.6) is 0 Å². The molecule has 2 bridgehead atoms. The van der Waals surface area contributed by atoms with Crippen LogP contribution in [0.2, 0.25) is 0 Å². The van der Waals surface area contributed by atoms with E-state index in [1.807, 2.05) is 0 Å². The number of anilines is 2. The number of hydrogen-bond donors (Lipinski definition) is 0. The summed E-state index contributed by atoms with van der Waals surface area (Å²) in [5.74, 6) is 0. The van der Waals surface area contributed by atoms with Gasteiger partial charge in [-0.05, 0) is 194 Å². The molecule has 12 rings (SSSR count). The predicted molar refractivity (Wildman–Crippen MR) is 263 cm³/mol. The summed E-state index contributed by atoms with van der Waals surface area (Å²) in [6.45, 7) is 0. The first-order valence-electron chi connectivity index (χ1n) is 23.5. The summed E-state index contributed by atoms with van der Waals surface area (Å²) >= 11 is 0. The Balaban J connectivity index is 0.938. The zero-order valence-electron chi connectivity index (χ0n) is 35.8. The van der Waals surface area contributed by atoms with Crippen LogP contribution < -0.4 is 9.80 Å². The second-order valence-electron chi connectivity index (χ2n) is 18.3. The first-order valence-corrected chi connectivity index (χ1v) is 23.5. The minimum atomic E-state index is 0.386. The van der Waals surface area contributed by atoms with Crippen molar-refractivity contribution in [2.75, 3.05) is 9.80 Å². The van der Waals surface area contributed by atoms with Gasteiger partial charge >= 0.3 is 0 Å². The largest absolute Gasteiger partial charge is 0.342 e. The van der Waals surface area contributed by atoms with Gasteiger partial charge in [0.25, 0.3) is 0 Å². The third-order valence-electron chi connectivity index (χ3n) is 14.7. The molecule has 3 nitrogen and oxygen atoms in total. The monoisotopic (exact) mass is 805 g/mol. The number of fused-ring (bicyclic) bond motifs is 6. The normalized spacial score (nSPS) is 20.7. The lowest BCUT2D eigenvalue weighted by molar-refractivity contribution is 0.566. The average Bonchev–Trinajstić information content (AvgIpc) is 3.52. The molecule has 2 heterocycles. The lowest BCUT2D eigenvalue weighted by Gasteiger charge is -2.41. The van der Waals surface area contributed by atoms with Gasteiger partial charge in [0.1, 0.15) is 0 Å². The summed E-state index contributed by atoms with van der Waals surface area (Å²) in [5, 5.41) is 3.96. The molecule has 0 radical (unpaired) electrons. The maximum absolute atomic E-state index is 2.72. The molecule has 0 fully saturated rings. The number of benzene rings is 5. The van der Waals surface area contributed by atoms with Crippen LogP contribution in [0.3, 0.4) is 0 Å². The highest BCUT2D eigenvalue weighted by molar-refractivity contribution is 6.00. The van der Waals surface area contributed by atoms with E-state index in [0.717, 1.165) is 51.4 Å². The van der Waals surface area contributed by atoms with Crippen molar-refractivity contribution in [1.82, 2.24) is 4.57 Å². The molecule has 3 heteroatoms. The molecule has 6 aromatic rings. The number of allylic oxidation sites excluding steroid dienone is 10. The van der Waals surface area contributed by atoms with Crippen LogP contribution in [0.25, 0.3) is 50.1 Å². The van der Waals surface area contributed by atoms with E-state index in [-0.39, 0.29) is 0 Å². The van der Waals surface area contributed by atoms with Crippen LogP contribution in [-0.4, -0.2) is 16.7 Å². The Hall–Kier alpha value is -6.32. The molecule has 0 N–H and O–H groups in total. The van der Waals surface area contributed by atoms with Gasteiger partial charge in [-0.2, -0.15) is 0 Å². The van der Waals surface area contributed by atoms with Crippen molar-refractivity contribution in [3.63, 3.8) is 0 Å². The van der Waals surface area contributed by atoms with Crippen LogP contribution >= 0.6 is 0 Å². The van der Waals surface area contributed by atoms with Crippen LogP contribution in [0.1, 0.15) is 93.9 Å². The molecule has 1 aromatic heterocycles. The standard InChI is InChI=1S/C59H55N3/c1-4-16-41(17-5-1)55-40-51(37-44-18-11-13-25-52(44)55)62-57-27-15-14-26-54(57)56-38-42(29-35-58(56)62)43-28-34-53-45-19-10-12-24-50(36-45)61(59(53)39-43)49-32-30-48(31-33-49)60(46-20-6-2-7-21-46)47-22-8-3-9-23-47/h1-6,8,11,13,15-18,20,25,27,29-33,35-40,47,50H,7,9-10,12,14,19,21-24,26,28,34H2. The van der Waals surface area contributed by atoms with E-state index < -0.39 is 0 Å². The first kappa shape index (κ1) is 37.4. The molecule has 0 spiro atoms. The van der Waals surface area contributed by atoms with Crippen molar-refractivity contribution in [2.45, 2.75) is 95.6 Å². The van der Waals surface area contributed by atoms with E-state index in [1.54, 1.807) is 11.1 Å². The molecule has 6 aliphatic rings. The molecule has 306 valence electrons. The summed E-state index contributed by atoms with van der Waals surface area (Å²) in [5.41, 5.74) is 19.4. The first-order chi connectivity index (χ1) is 30.7. The average molecular weight is 806 g/mol. The van der Waals surface area contributed by atoms with Crippen LogP contribution in [0.4, 0.5) is 11.4 Å². The van der Waals surface area contributed by atoms with Crippen molar-refractivity contribution in [1.29, 1.82) is 0 Å². The van der Waals surface area contributed by atoms with Crippen molar-refractivity contribution < 1.29 is 0 Å². The Morgan fingerprint density at radius 1 is 0.613 bits per heavy atom. The summed E-state index contributed by atoms with van der Waals surface area (Å²) in [6.07, 6.45) is 36.7. The minimum absolute atomic E-state index is 0.386. The topological polar surface area (TPSA) is 11.4 Å². The van der Waals surface area contributed by atoms with Crippen molar-refractivity contribution in [2.24, 2.45) is 0 Å². The lowest BCUT2D eigenvalue weighted by atomic mass is 9.83. The number of rotatable bonds is 7. The number of aryl methyl sites for hydroxylation is 1. The molecule has 5 aromatic carbocycles. The Labute approximate surface area is 367 Å². The zero-order chi connectivity index (χ0) is 41.0. The van der Waals surface area contributed by atoms with Gasteiger partial charge in [0.2, 0.25) is 0 Å². The molecular formula is C59H55N3. The highest BCUT2D eigenvalue weighted by atomic mass is 15.2. The Bertz CT molecular complexity index is 2940. The van der Waals surface area contributed by atoms with Gasteiger partial charge in [-0.25, -0.2) is 0 Å². The van der Waals surface area contributed by atoms with E-state index in [4.69, 9.17) is 0 Å². The van der Waals surface area contributed by atoms with E-state index >= 15 is 0 Å². The fourth-order valence-corrected chi connectivity index (χ4v) is 11.7. The number of aromatic nitrogens is 1. The van der Waals surface area contributed by atoms with Gasteiger partial charge in [0.05, 0.1) is 11.6 Å². The van der Waals surface area contributed by atoms with E-state index in [0.29, 0.717) is 12.1 Å². The molecular weight excluding hydrogens is 751 g/mol. The maximum Gasteiger partial charge on any atom is 0.0538 e. The molecule has 2 unspecified atom stereocenters. The molecule has 2 atom stereocenters.